The molecule has 2 N–H and O–H groups in total. The summed E-state index contributed by atoms with van der Waals surface area (Å²) in [7, 11) is 1.27. The van der Waals surface area contributed by atoms with E-state index in [4.69, 9.17) is 9.05 Å². The van der Waals surface area contributed by atoms with Crippen molar-refractivity contribution >= 4 is 13.7 Å². The van der Waals surface area contributed by atoms with Crippen LogP contribution in [0, 0.1) is 0 Å². The number of nitrogens with zero attached hydrogens (tertiary/aromatic N) is 1. The normalized spacial score (nSPS) is 14.3. The van der Waals surface area contributed by atoms with E-state index in [-0.39, 0.29) is 19.1 Å². The van der Waals surface area contributed by atoms with Gasteiger partial charge in [-0.3, -0.25) is 9.36 Å². The zero-order valence-electron chi connectivity index (χ0n) is 40.4. The predicted octanol–water partition coefficient (Wildman–Crippen LogP) is 14.2. The summed E-state index contributed by atoms with van der Waals surface area (Å²) in [6, 6.07) is -0.884. The Kier molecular flexibility index (Phi) is 42.5. The van der Waals surface area contributed by atoms with Crippen molar-refractivity contribution in [2.45, 2.75) is 257 Å². The van der Waals surface area contributed by atoms with Gasteiger partial charge in [0.05, 0.1) is 39.9 Å². The Bertz CT molecular complexity index is 1030. The Balaban J connectivity index is 4.25. The number of hydrogen-bond donors (Lipinski definition) is 2. The Morgan fingerprint density at radius 1 is 0.567 bits per heavy atom. The van der Waals surface area contributed by atoms with Gasteiger partial charge in [0, 0.05) is 6.42 Å². The van der Waals surface area contributed by atoms with E-state index in [9.17, 15) is 19.4 Å². The van der Waals surface area contributed by atoms with E-state index in [1.54, 1.807) is 6.08 Å². The quantitative estimate of drug-likeness (QED) is 0.0273. The van der Waals surface area contributed by atoms with Gasteiger partial charge in [0.1, 0.15) is 13.2 Å². The van der Waals surface area contributed by atoms with Gasteiger partial charge in [-0.05, 0) is 44.9 Å². The number of phosphoric acid groups is 1. The van der Waals surface area contributed by atoms with Gasteiger partial charge in [-0.2, -0.15) is 0 Å². The number of phosphoric ester groups is 1. The van der Waals surface area contributed by atoms with Gasteiger partial charge in [-0.1, -0.05) is 218 Å². The van der Waals surface area contributed by atoms with Gasteiger partial charge in [-0.25, -0.2) is 0 Å². The van der Waals surface area contributed by atoms with Crippen LogP contribution in [-0.4, -0.2) is 68.5 Å². The molecule has 0 aromatic rings. The molecule has 9 heteroatoms. The number of quaternary nitrogens is 1. The fourth-order valence-electron chi connectivity index (χ4n) is 7.56. The lowest BCUT2D eigenvalue weighted by atomic mass is 10.0. The fourth-order valence-corrected chi connectivity index (χ4v) is 8.28. The summed E-state index contributed by atoms with van der Waals surface area (Å²) in [4.78, 5) is 25.4. The molecule has 60 heavy (non-hydrogen) atoms. The van der Waals surface area contributed by atoms with Crippen LogP contribution in [0.3, 0.4) is 0 Å². The molecular formula is C51H101N2O6P. The Morgan fingerprint density at radius 2 is 0.917 bits per heavy atom. The second-order valence-electron chi connectivity index (χ2n) is 18.9. The average molecular weight is 869 g/mol. The second-order valence-corrected chi connectivity index (χ2v) is 20.3. The summed E-state index contributed by atoms with van der Waals surface area (Å²) in [6.45, 7) is 4.67. The molecule has 356 valence electrons. The minimum Gasteiger partial charge on any atom is -0.756 e. The molecule has 8 nitrogen and oxygen atoms in total. The Morgan fingerprint density at radius 3 is 1.30 bits per heavy atom. The number of amides is 1. The van der Waals surface area contributed by atoms with E-state index in [1.807, 2.05) is 27.2 Å². The van der Waals surface area contributed by atoms with Crippen molar-refractivity contribution in [1.82, 2.24) is 5.32 Å². The smallest absolute Gasteiger partial charge is 0.268 e. The van der Waals surface area contributed by atoms with E-state index in [0.717, 1.165) is 38.5 Å². The molecule has 0 heterocycles. The van der Waals surface area contributed by atoms with E-state index in [0.29, 0.717) is 17.4 Å². The molecule has 3 atom stereocenters. The largest absolute Gasteiger partial charge is 0.756 e. The number of aliphatic hydroxyl groups is 1. The van der Waals surface area contributed by atoms with Gasteiger partial charge in [0.25, 0.3) is 7.82 Å². The molecule has 0 aromatic carbocycles. The number of likely N-dealkylation sites (N-methyl/N-ethyl adjacent to an activating group) is 1. The molecule has 0 rings (SSSR count). The summed E-state index contributed by atoms with van der Waals surface area (Å²) in [5, 5.41) is 13.8. The van der Waals surface area contributed by atoms with E-state index < -0.39 is 20.0 Å². The van der Waals surface area contributed by atoms with Crippen LogP contribution in [0.1, 0.15) is 245 Å². The van der Waals surface area contributed by atoms with Gasteiger partial charge in [0.2, 0.25) is 5.91 Å². The lowest BCUT2D eigenvalue weighted by Crippen LogP contribution is -2.45. The summed E-state index contributed by atoms with van der Waals surface area (Å²) >= 11 is 0. The van der Waals surface area contributed by atoms with Crippen molar-refractivity contribution < 1.29 is 32.9 Å². The van der Waals surface area contributed by atoms with Gasteiger partial charge < -0.3 is 28.8 Å². The van der Waals surface area contributed by atoms with E-state index >= 15 is 0 Å². The second kappa shape index (κ2) is 43.2. The number of allylic oxidation sites excluding steroid dienone is 3. The number of aliphatic hydroxyl groups excluding tert-OH is 1. The standard InChI is InChI=1S/C51H101N2O6P/c1-6-8-10-12-14-16-18-20-22-23-24-25-26-27-28-29-31-33-35-37-39-41-43-45-51(55)52-49(48-59-60(56,57)58-47-46-53(3,4)5)50(54)44-42-40-38-36-34-32-30-21-19-17-15-13-11-9-7-2/h23-24,42,44,49-50,54H,6-22,25-41,43,45-48H2,1-5H3,(H-,52,55,56,57)/b24-23-,44-42+. The minimum atomic E-state index is -4.59. The third-order valence-corrected chi connectivity index (χ3v) is 12.6. The molecule has 1 amide bonds. The van der Waals surface area contributed by atoms with Crippen molar-refractivity contribution in [3.05, 3.63) is 24.3 Å². The third-order valence-electron chi connectivity index (χ3n) is 11.7. The van der Waals surface area contributed by atoms with E-state index in [2.05, 4.69) is 31.3 Å². The molecule has 0 aliphatic rings. The number of carbonyl (C=O) groups excluding carboxylic acids is 1. The lowest BCUT2D eigenvalue weighted by molar-refractivity contribution is -0.870. The predicted molar refractivity (Wildman–Crippen MR) is 256 cm³/mol. The highest BCUT2D eigenvalue weighted by atomic mass is 31.2. The molecule has 0 spiro atoms. The first kappa shape index (κ1) is 59.0. The first-order valence-electron chi connectivity index (χ1n) is 25.7. The lowest BCUT2D eigenvalue weighted by Gasteiger charge is -2.29. The number of unbranched alkanes of at least 4 members (excludes halogenated alkanes) is 32. The average Bonchev–Trinajstić information content (AvgIpc) is 3.20. The minimum absolute atomic E-state index is 0.000425. The SMILES string of the molecule is CCCCCCCCCC/C=C\CCCCCCCCCCCCCC(=O)NC(COP(=O)([O-])OCC[N+](C)(C)C)C(O)/C=C/CCCCCCCCCCCCCCC. The Hall–Kier alpha value is -1.02. The van der Waals surface area contributed by atoms with Crippen molar-refractivity contribution in [2.24, 2.45) is 0 Å². The molecule has 3 unspecified atom stereocenters. The van der Waals surface area contributed by atoms with Crippen molar-refractivity contribution in [1.29, 1.82) is 0 Å². The zero-order valence-corrected chi connectivity index (χ0v) is 41.3. The highest BCUT2D eigenvalue weighted by molar-refractivity contribution is 7.45. The molecule has 0 aliphatic carbocycles. The van der Waals surface area contributed by atoms with Crippen molar-refractivity contribution in [3.8, 4) is 0 Å². The molecule has 0 saturated heterocycles. The topological polar surface area (TPSA) is 108 Å². The summed E-state index contributed by atoms with van der Waals surface area (Å²) in [6.07, 6.45) is 52.3. The van der Waals surface area contributed by atoms with Crippen molar-refractivity contribution in [3.63, 3.8) is 0 Å². The van der Waals surface area contributed by atoms with Crippen LogP contribution in [0.4, 0.5) is 0 Å². The van der Waals surface area contributed by atoms with Crippen LogP contribution in [0.25, 0.3) is 0 Å². The highest BCUT2D eigenvalue weighted by Gasteiger charge is 2.23. The molecule has 0 bridgehead atoms. The van der Waals surface area contributed by atoms with Gasteiger partial charge >= 0.3 is 0 Å². The first-order valence-corrected chi connectivity index (χ1v) is 27.2. The van der Waals surface area contributed by atoms with Gasteiger partial charge in [0.15, 0.2) is 0 Å². The van der Waals surface area contributed by atoms with Crippen LogP contribution < -0.4 is 10.2 Å². The summed E-state index contributed by atoms with van der Waals surface area (Å²) in [5.74, 6) is -0.196. The molecule has 0 aliphatic heterocycles. The van der Waals surface area contributed by atoms with Gasteiger partial charge in [-0.15, -0.1) is 0 Å². The molecular weight excluding hydrogens is 768 g/mol. The molecule has 0 aromatic heterocycles. The molecule has 0 saturated carbocycles. The monoisotopic (exact) mass is 869 g/mol. The molecule has 0 fully saturated rings. The van der Waals surface area contributed by atoms with Crippen LogP contribution in [0.5, 0.6) is 0 Å². The number of rotatable bonds is 47. The maximum atomic E-state index is 12.9. The fraction of sp³-hybridized carbons (Fsp3) is 0.902. The number of hydrogen-bond acceptors (Lipinski definition) is 6. The van der Waals surface area contributed by atoms with Crippen LogP contribution in [-0.2, 0) is 18.4 Å². The zero-order chi connectivity index (χ0) is 44.3. The van der Waals surface area contributed by atoms with Crippen molar-refractivity contribution in [2.75, 3.05) is 40.9 Å². The third kappa shape index (κ3) is 45.0. The van der Waals surface area contributed by atoms with E-state index in [1.165, 1.54) is 186 Å². The van der Waals surface area contributed by atoms with Crippen LogP contribution in [0.2, 0.25) is 0 Å². The summed E-state index contributed by atoms with van der Waals surface area (Å²) in [5.41, 5.74) is 0. The van der Waals surface area contributed by atoms with Crippen LogP contribution >= 0.6 is 7.82 Å². The first-order chi connectivity index (χ1) is 29.0. The number of nitrogens with one attached hydrogen (secondary N) is 1. The van der Waals surface area contributed by atoms with Crippen LogP contribution in [0.15, 0.2) is 24.3 Å². The maximum absolute atomic E-state index is 12.9. The Labute approximate surface area is 373 Å². The maximum Gasteiger partial charge on any atom is 0.268 e. The molecule has 0 radical (unpaired) electrons. The number of carbonyl (C=O) groups is 1. The highest BCUT2D eigenvalue weighted by Crippen LogP contribution is 2.38. The summed E-state index contributed by atoms with van der Waals surface area (Å²) < 4.78 is 23.3.